The van der Waals surface area contributed by atoms with Crippen LogP contribution in [0.2, 0.25) is 0 Å². The van der Waals surface area contributed by atoms with Crippen molar-refractivity contribution in [3.8, 4) is 11.5 Å². The van der Waals surface area contributed by atoms with Crippen molar-refractivity contribution in [2.45, 2.75) is 25.9 Å². The lowest BCUT2D eigenvalue weighted by atomic mass is 9.74. The fraction of sp³-hybridized carbons (Fsp3) is 0.207. The molecule has 0 bridgehead atoms. The molecule has 2 aliphatic heterocycles. The van der Waals surface area contributed by atoms with Gasteiger partial charge in [0.25, 0.3) is 0 Å². The maximum absolute atomic E-state index is 13.3. The van der Waals surface area contributed by atoms with Crippen molar-refractivity contribution < 1.29 is 14.3 Å². The minimum atomic E-state index is -0.947. The van der Waals surface area contributed by atoms with Gasteiger partial charge in [-0.15, -0.1) is 0 Å². The summed E-state index contributed by atoms with van der Waals surface area (Å²) in [7, 11) is 0. The van der Waals surface area contributed by atoms with Gasteiger partial charge in [0.05, 0.1) is 11.1 Å². The van der Waals surface area contributed by atoms with E-state index in [1.54, 1.807) is 0 Å². The Labute approximate surface area is 193 Å². The highest BCUT2D eigenvalue weighted by atomic mass is 16.6. The van der Waals surface area contributed by atoms with E-state index in [-0.39, 0.29) is 5.97 Å². The molecule has 4 aromatic carbocycles. The molecule has 1 atom stereocenters. The van der Waals surface area contributed by atoms with Crippen molar-refractivity contribution in [3.63, 3.8) is 0 Å². The third-order valence-electron chi connectivity index (χ3n) is 6.99. The smallest absolute Gasteiger partial charge is 0.339 e. The molecular weight excluding hydrogens is 410 g/mol. The van der Waals surface area contributed by atoms with Crippen LogP contribution in [0.3, 0.4) is 0 Å². The van der Waals surface area contributed by atoms with E-state index in [1.807, 2.05) is 42.5 Å². The Bertz CT molecular complexity index is 1410. The first kappa shape index (κ1) is 19.9. The van der Waals surface area contributed by atoms with E-state index in [9.17, 15) is 4.79 Å². The number of nitrogens with zero attached hydrogens (tertiary/aromatic N) is 1. The molecule has 0 radical (unpaired) electrons. The Morgan fingerprint density at radius 1 is 0.879 bits per heavy atom. The number of hydrogen-bond acceptors (Lipinski definition) is 4. The lowest BCUT2D eigenvalue weighted by molar-refractivity contribution is -0.0105. The number of rotatable bonds is 3. The molecule has 4 heteroatoms. The molecule has 4 aromatic rings. The first-order valence-corrected chi connectivity index (χ1v) is 11.6. The molecule has 2 heterocycles. The first-order chi connectivity index (χ1) is 16.1. The summed E-state index contributed by atoms with van der Waals surface area (Å²) < 4.78 is 12.9. The molecule has 1 unspecified atom stereocenters. The molecule has 0 saturated carbocycles. The standard InChI is InChI=1S/C29H25NO3/c1-3-30(4-2)21-14-15-24-26(17-21)32-25-16-13-19-9-5-7-11-22(19)27(25)29(24)18-20-10-6-8-12-23(20)28(31)33-29/h5-17H,3-4,18H2,1-2H3. The largest absolute Gasteiger partial charge is 0.456 e. The van der Waals surface area contributed by atoms with E-state index in [0.29, 0.717) is 12.0 Å². The highest BCUT2D eigenvalue weighted by Gasteiger charge is 2.50. The maximum Gasteiger partial charge on any atom is 0.339 e. The van der Waals surface area contributed by atoms with Crippen LogP contribution in [0.4, 0.5) is 5.69 Å². The lowest BCUT2D eigenvalue weighted by Gasteiger charge is -2.43. The van der Waals surface area contributed by atoms with E-state index in [0.717, 1.165) is 57.7 Å². The van der Waals surface area contributed by atoms with Gasteiger partial charge in [0.1, 0.15) is 11.5 Å². The van der Waals surface area contributed by atoms with E-state index in [2.05, 4.69) is 55.1 Å². The average molecular weight is 436 g/mol. The Kier molecular flexibility index (Phi) is 4.44. The first-order valence-electron chi connectivity index (χ1n) is 11.6. The normalized spacial score (nSPS) is 18.2. The number of ether oxygens (including phenoxy) is 2. The van der Waals surface area contributed by atoms with E-state index >= 15 is 0 Å². The van der Waals surface area contributed by atoms with E-state index in [4.69, 9.17) is 9.47 Å². The fourth-order valence-corrected chi connectivity index (χ4v) is 5.40. The van der Waals surface area contributed by atoms with Crippen LogP contribution in [-0.4, -0.2) is 19.1 Å². The van der Waals surface area contributed by atoms with Gasteiger partial charge in [-0.2, -0.15) is 0 Å². The zero-order valence-corrected chi connectivity index (χ0v) is 18.8. The second kappa shape index (κ2) is 7.38. The summed E-state index contributed by atoms with van der Waals surface area (Å²) in [5.74, 6) is 1.19. The quantitative estimate of drug-likeness (QED) is 0.347. The number of anilines is 1. The minimum Gasteiger partial charge on any atom is -0.456 e. The van der Waals surface area contributed by atoms with Crippen molar-refractivity contribution in [1.82, 2.24) is 0 Å². The summed E-state index contributed by atoms with van der Waals surface area (Å²) in [6.07, 6.45) is 0.566. The molecule has 0 amide bonds. The number of esters is 1. The molecule has 0 saturated heterocycles. The van der Waals surface area contributed by atoms with Gasteiger partial charge in [0.15, 0.2) is 5.60 Å². The van der Waals surface area contributed by atoms with Crippen LogP contribution in [0.1, 0.15) is 40.9 Å². The van der Waals surface area contributed by atoms with Crippen LogP contribution in [0.5, 0.6) is 11.5 Å². The van der Waals surface area contributed by atoms with Crippen LogP contribution in [-0.2, 0) is 16.8 Å². The Hall–Kier alpha value is -3.79. The highest BCUT2D eigenvalue weighted by Crippen LogP contribution is 2.55. The third kappa shape index (κ3) is 2.87. The maximum atomic E-state index is 13.3. The van der Waals surface area contributed by atoms with Gasteiger partial charge in [-0.3, -0.25) is 0 Å². The van der Waals surface area contributed by atoms with Gasteiger partial charge < -0.3 is 14.4 Å². The third-order valence-corrected chi connectivity index (χ3v) is 6.99. The molecular formula is C29H25NO3. The molecule has 4 nitrogen and oxygen atoms in total. The van der Waals surface area contributed by atoms with E-state index < -0.39 is 5.60 Å². The SMILES string of the molecule is CCN(CC)c1ccc2c(c1)Oc1ccc3ccccc3c1C21Cc2ccccc2C(=O)O1. The van der Waals surface area contributed by atoms with Gasteiger partial charge in [-0.25, -0.2) is 4.79 Å². The Morgan fingerprint density at radius 3 is 2.52 bits per heavy atom. The molecule has 6 rings (SSSR count). The second-order valence-corrected chi connectivity index (χ2v) is 8.67. The van der Waals surface area contributed by atoms with Gasteiger partial charge in [-0.1, -0.05) is 48.5 Å². The van der Waals surface area contributed by atoms with Crippen molar-refractivity contribution in [2.75, 3.05) is 18.0 Å². The van der Waals surface area contributed by atoms with Gasteiger partial charge in [0.2, 0.25) is 0 Å². The lowest BCUT2D eigenvalue weighted by Crippen LogP contribution is -2.42. The van der Waals surface area contributed by atoms with Crippen molar-refractivity contribution >= 4 is 22.4 Å². The van der Waals surface area contributed by atoms with Crippen LogP contribution in [0.15, 0.2) is 78.9 Å². The summed E-state index contributed by atoms with van der Waals surface area (Å²) >= 11 is 0. The van der Waals surface area contributed by atoms with Crippen LogP contribution < -0.4 is 9.64 Å². The molecule has 1 spiro atoms. The van der Waals surface area contributed by atoms with E-state index in [1.165, 1.54) is 0 Å². The van der Waals surface area contributed by atoms with Gasteiger partial charge >= 0.3 is 5.97 Å². The summed E-state index contributed by atoms with van der Waals surface area (Å²) in [5, 5.41) is 2.14. The number of fused-ring (bicyclic) bond motifs is 7. The topological polar surface area (TPSA) is 38.8 Å². The Balaban J connectivity index is 1.65. The zero-order valence-electron chi connectivity index (χ0n) is 18.8. The molecule has 164 valence electrons. The molecule has 0 aromatic heterocycles. The second-order valence-electron chi connectivity index (χ2n) is 8.67. The molecule has 2 aliphatic rings. The Morgan fingerprint density at radius 2 is 1.67 bits per heavy atom. The number of carbonyl (C=O) groups excluding carboxylic acids is 1. The molecule has 0 fully saturated rings. The number of benzene rings is 4. The van der Waals surface area contributed by atoms with Gasteiger partial charge in [-0.05, 0) is 54.4 Å². The average Bonchev–Trinajstić information content (AvgIpc) is 2.84. The van der Waals surface area contributed by atoms with Gasteiger partial charge in [0, 0.05) is 36.8 Å². The number of carbonyl (C=O) groups is 1. The van der Waals surface area contributed by atoms with Crippen molar-refractivity contribution in [1.29, 1.82) is 0 Å². The predicted molar refractivity (Wildman–Crippen MR) is 130 cm³/mol. The van der Waals surface area contributed by atoms with Crippen LogP contribution in [0, 0.1) is 0 Å². The monoisotopic (exact) mass is 435 g/mol. The fourth-order valence-electron chi connectivity index (χ4n) is 5.40. The minimum absolute atomic E-state index is 0.295. The highest BCUT2D eigenvalue weighted by molar-refractivity contribution is 5.96. The van der Waals surface area contributed by atoms with Crippen LogP contribution >= 0.6 is 0 Å². The summed E-state index contributed by atoms with van der Waals surface area (Å²) in [4.78, 5) is 15.6. The molecule has 33 heavy (non-hydrogen) atoms. The molecule has 0 N–H and O–H groups in total. The summed E-state index contributed by atoms with van der Waals surface area (Å²) in [6, 6.07) is 26.3. The zero-order chi connectivity index (χ0) is 22.6. The summed E-state index contributed by atoms with van der Waals surface area (Å²) in [5.41, 5.74) is 3.60. The van der Waals surface area contributed by atoms with Crippen molar-refractivity contribution in [2.24, 2.45) is 0 Å². The summed E-state index contributed by atoms with van der Waals surface area (Å²) in [6.45, 7) is 6.10. The van der Waals surface area contributed by atoms with Crippen LogP contribution in [0.25, 0.3) is 10.8 Å². The number of hydrogen-bond donors (Lipinski definition) is 0. The molecule has 0 aliphatic carbocycles. The predicted octanol–water partition coefficient (Wildman–Crippen LogP) is 6.45. The van der Waals surface area contributed by atoms with Crippen molar-refractivity contribution in [3.05, 3.63) is 101 Å².